The first-order valence-electron chi connectivity index (χ1n) is 10.6. The zero-order valence-electron chi connectivity index (χ0n) is 19.3. The number of nitrogens with zero attached hydrogens (tertiary/aromatic N) is 1. The molecule has 0 spiro atoms. The maximum Gasteiger partial charge on any atom is 0.316 e. The van der Waals surface area contributed by atoms with Crippen LogP contribution >= 0.6 is 0 Å². The molecule has 3 rings (SSSR count). The smallest absolute Gasteiger partial charge is 0.316 e. The van der Waals surface area contributed by atoms with E-state index in [0.717, 1.165) is 5.56 Å². The van der Waals surface area contributed by atoms with Gasteiger partial charge in [0.25, 0.3) is 5.91 Å². The minimum atomic E-state index is -1.42. The Labute approximate surface area is 196 Å². The summed E-state index contributed by atoms with van der Waals surface area (Å²) in [5.74, 6) is -2.84. The van der Waals surface area contributed by atoms with Gasteiger partial charge in [0, 0.05) is 24.4 Å². The lowest BCUT2D eigenvalue weighted by molar-refractivity contribution is -0.138. The fourth-order valence-electron chi connectivity index (χ4n) is 4.01. The lowest BCUT2D eigenvalue weighted by atomic mass is 9.89. The number of likely N-dealkylation sites (N-methyl/N-ethyl adjacent to an activating group) is 1. The van der Waals surface area contributed by atoms with E-state index < -0.39 is 48.0 Å². The molecule has 1 aliphatic heterocycles. The largest absolute Gasteiger partial charge is 0.481 e. The van der Waals surface area contributed by atoms with E-state index in [9.17, 15) is 28.7 Å². The number of hydrogen-bond acceptors (Lipinski definition) is 4. The van der Waals surface area contributed by atoms with Crippen molar-refractivity contribution in [3.8, 4) is 11.1 Å². The van der Waals surface area contributed by atoms with E-state index in [4.69, 9.17) is 0 Å². The molecule has 1 unspecified atom stereocenters. The monoisotopic (exact) mass is 467 g/mol. The first-order chi connectivity index (χ1) is 16.0. The second kappa shape index (κ2) is 9.86. The fraction of sp³-hybridized carbons (Fsp3) is 0.280. The van der Waals surface area contributed by atoms with Gasteiger partial charge in [0.05, 0.1) is 12.5 Å². The van der Waals surface area contributed by atoms with E-state index in [2.05, 4.69) is 10.6 Å². The minimum Gasteiger partial charge on any atom is -0.481 e. The van der Waals surface area contributed by atoms with Crippen molar-refractivity contribution in [2.45, 2.75) is 39.3 Å². The Morgan fingerprint density at radius 3 is 2.44 bits per heavy atom. The predicted octanol–water partition coefficient (Wildman–Crippen LogP) is 3.24. The summed E-state index contributed by atoms with van der Waals surface area (Å²) in [5.41, 5.74) is 3.14. The second-order valence-corrected chi connectivity index (χ2v) is 8.24. The number of carboxylic acid groups (broad SMARTS) is 1. The summed E-state index contributed by atoms with van der Waals surface area (Å²) in [6, 6.07) is 6.53. The normalized spacial score (nSPS) is 16.7. The number of urea groups is 1. The fourth-order valence-corrected chi connectivity index (χ4v) is 4.01. The number of halogens is 1. The van der Waals surface area contributed by atoms with Crippen LogP contribution in [0.25, 0.3) is 11.1 Å². The molecule has 2 aromatic rings. The van der Waals surface area contributed by atoms with Gasteiger partial charge in [-0.15, -0.1) is 0 Å². The van der Waals surface area contributed by atoms with Crippen LogP contribution in [0.4, 0.5) is 9.18 Å². The van der Waals surface area contributed by atoms with E-state index in [0.29, 0.717) is 28.0 Å². The number of carbonyl (C=O) groups excluding carboxylic acids is 3. The van der Waals surface area contributed by atoms with E-state index in [-0.39, 0.29) is 0 Å². The molecule has 1 heterocycles. The number of hydrogen-bond donors (Lipinski definition) is 3. The molecule has 8 nitrogen and oxygen atoms in total. The van der Waals surface area contributed by atoms with Crippen LogP contribution in [-0.4, -0.2) is 46.8 Å². The van der Waals surface area contributed by atoms with Crippen LogP contribution in [0.1, 0.15) is 36.1 Å². The van der Waals surface area contributed by atoms with Crippen LogP contribution in [0.2, 0.25) is 0 Å². The molecule has 2 aromatic carbocycles. The number of carbonyl (C=O) groups is 4. The summed E-state index contributed by atoms with van der Waals surface area (Å²) in [5, 5.41) is 14.3. The molecule has 1 aliphatic rings. The van der Waals surface area contributed by atoms with Gasteiger partial charge in [-0.2, -0.15) is 0 Å². The van der Waals surface area contributed by atoms with Crippen molar-refractivity contribution in [2.75, 3.05) is 7.05 Å². The summed E-state index contributed by atoms with van der Waals surface area (Å²) in [6.45, 7) is 5.09. The summed E-state index contributed by atoms with van der Waals surface area (Å²) in [4.78, 5) is 50.2. The SMILES string of the molecule is CC1=CC(=O)C(NC(=O)N[C@@H](CC(=O)O)c2ccc(F)c(-c3ccccc3C)c2C)C(=O)N1C. The summed E-state index contributed by atoms with van der Waals surface area (Å²) < 4.78 is 14.8. The Bertz CT molecular complexity index is 1210. The molecule has 9 heteroatoms. The van der Waals surface area contributed by atoms with E-state index in [1.807, 2.05) is 19.1 Å². The van der Waals surface area contributed by atoms with Gasteiger partial charge in [0.15, 0.2) is 11.8 Å². The molecule has 0 aromatic heterocycles. The highest BCUT2D eigenvalue weighted by Crippen LogP contribution is 2.34. The van der Waals surface area contributed by atoms with Crippen LogP contribution in [0.3, 0.4) is 0 Å². The number of aryl methyl sites for hydroxylation is 1. The number of carboxylic acids is 1. The van der Waals surface area contributed by atoms with Crippen LogP contribution in [0.15, 0.2) is 48.2 Å². The van der Waals surface area contributed by atoms with Gasteiger partial charge in [-0.25, -0.2) is 9.18 Å². The third kappa shape index (κ3) is 4.98. The minimum absolute atomic E-state index is 0.313. The topological polar surface area (TPSA) is 116 Å². The molecular weight excluding hydrogens is 441 g/mol. The van der Waals surface area contributed by atoms with E-state index >= 15 is 0 Å². The number of aliphatic carboxylic acids is 1. The van der Waals surface area contributed by atoms with Crippen molar-refractivity contribution in [2.24, 2.45) is 0 Å². The standard InChI is InChI=1S/C25H26FN3O5/c1-13-7-5-6-8-16(13)22-15(3)17(9-10-18(22)26)19(12-21(31)32)27-25(34)28-23-20(30)11-14(2)29(4)24(23)33/h5-11,19,23H,12H2,1-4H3,(H,31,32)(H2,27,28,34)/t19-,23?/m0/s1. The quantitative estimate of drug-likeness (QED) is 0.564. The Kier molecular flexibility index (Phi) is 7.14. The Hall–Kier alpha value is -4.01. The van der Waals surface area contributed by atoms with Gasteiger partial charge in [0.1, 0.15) is 5.82 Å². The average Bonchev–Trinajstić information content (AvgIpc) is 2.76. The molecule has 0 aliphatic carbocycles. The number of allylic oxidation sites excluding steroid dienone is 1. The zero-order chi connectivity index (χ0) is 25.2. The molecule has 0 fully saturated rings. The van der Waals surface area contributed by atoms with Crippen molar-refractivity contribution < 1.29 is 28.7 Å². The maximum absolute atomic E-state index is 14.8. The van der Waals surface area contributed by atoms with Gasteiger partial charge in [-0.05, 0) is 49.1 Å². The zero-order valence-corrected chi connectivity index (χ0v) is 19.3. The molecule has 0 saturated carbocycles. The number of amides is 3. The van der Waals surface area contributed by atoms with Crippen LogP contribution < -0.4 is 10.6 Å². The molecule has 3 N–H and O–H groups in total. The summed E-state index contributed by atoms with van der Waals surface area (Å²) >= 11 is 0. The van der Waals surface area contributed by atoms with Crippen molar-refractivity contribution in [3.05, 3.63) is 70.7 Å². The van der Waals surface area contributed by atoms with Gasteiger partial charge in [0.2, 0.25) is 0 Å². The third-order valence-electron chi connectivity index (χ3n) is 5.95. The highest BCUT2D eigenvalue weighted by Gasteiger charge is 2.35. The first-order valence-corrected chi connectivity index (χ1v) is 10.6. The molecule has 178 valence electrons. The van der Waals surface area contributed by atoms with Crippen molar-refractivity contribution in [1.82, 2.24) is 15.5 Å². The molecule has 34 heavy (non-hydrogen) atoms. The second-order valence-electron chi connectivity index (χ2n) is 8.24. The number of rotatable bonds is 6. The molecule has 0 bridgehead atoms. The number of ketones is 1. The average molecular weight is 467 g/mol. The predicted molar refractivity (Wildman–Crippen MR) is 123 cm³/mol. The van der Waals surface area contributed by atoms with Crippen molar-refractivity contribution >= 4 is 23.7 Å². The van der Waals surface area contributed by atoms with Gasteiger partial charge >= 0.3 is 12.0 Å². The molecule has 3 amide bonds. The van der Waals surface area contributed by atoms with Crippen LogP contribution in [-0.2, 0) is 14.4 Å². The molecule has 0 saturated heterocycles. The Morgan fingerprint density at radius 1 is 1.12 bits per heavy atom. The first kappa shape index (κ1) is 24.6. The van der Waals surface area contributed by atoms with Crippen molar-refractivity contribution in [3.63, 3.8) is 0 Å². The Morgan fingerprint density at radius 2 is 1.79 bits per heavy atom. The van der Waals surface area contributed by atoms with Crippen LogP contribution in [0, 0.1) is 19.7 Å². The van der Waals surface area contributed by atoms with Gasteiger partial charge < -0.3 is 20.6 Å². The number of benzene rings is 2. The van der Waals surface area contributed by atoms with Crippen LogP contribution in [0.5, 0.6) is 0 Å². The number of nitrogens with one attached hydrogen (secondary N) is 2. The Balaban J connectivity index is 1.93. The van der Waals surface area contributed by atoms with Crippen molar-refractivity contribution in [1.29, 1.82) is 0 Å². The van der Waals surface area contributed by atoms with E-state index in [1.165, 1.54) is 30.2 Å². The highest BCUT2D eigenvalue weighted by atomic mass is 19.1. The molecule has 2 atom stereocenters. The maximum atomic E-state index is 14.8. The summed E-state index contributed by atoms with van der Waals surface area (Å²) in [7, 11) is 1.48. The third-order valence-corrected chi connectivity index (χ3v) is 5.95. The van der Waals surface area contributed by atoms with Gasteiger partial charge in [-0.1, -0.05) is 30.3 Å². The molecule has 0 radical (unpaired) electrons. The van der Waals surface area contributed by atoms with E-state index in [1.54, 1.807) is 26.0 Å². The highest BCUT2D eigenvalue weighted by molar-refractivity contribution is 6.15. The lowest BCUT2D eigenvalue weighted by Crippen LogP contribution is -2.56. The van der Waals surface area contributed by atoms with Gasteiger partial charge in [-0.3, -0.25) is 14.4 Å². The molecular formula is C25H26FN3O5. The summed E-state index contributed by atoms with van der Waals surface area (Å²) in [6.07, 6.45) is 0.762. The lowest BCUT2D eigenvalue weighted by Gasteiger charge is -2.28.